The Kier molecular flexibility index (Phi) is 6.13. The molecule has 4 rings (SSSR count). The van der Waals surface area contributed by atoms with Gasteiger partial charge in [-0.25, -0.2) is 0 Å². The Morgan fingerprint density at radius 2 is 1.81 bits per heavy atom. The van der Waals surface area contributed by atoms with Crippen molar-refractivity contribution in [2.24, 2.45) is 0 Å². The van der Waals surface area contributed by atoms with Gasteiger partial charge in [0.15, 0.2) is 0 Å². The second kappa shape index (κ2) is 8.85. The van der Waals surface area contributed by atoms with Gasteiger partial charge in [0.1, 0.15) is 11.5 Å². The number of hydrogen-bond acceptors (Lipinski definition) is 4. The van der Waals surface area contributed by atoms with Gasteiger partial charge in [0.2, 0.25) is 0 Å². The van der Waals surface area contributed by atoms with E-state index < -0.39 is 17.7 Å². The molecule has 1 saturated heterocycles. The van der Waals surface area contributed by atoms with Gasteiger partial charge in [-0.1, -0.05) is 72.6 Å². The van der Waals surface area contributed by atoms with E-state index >= 15 is 0 Å². The maximum absolute atomic E-state index is 13.2. The highest BCUT2D eigenvalue weighted by atomic mass is 35.5. The van der Waals surface area contributed by atoms with Gasteiger partial charge in [0.25, 0.3) is 11.7 Å². The van der Waals surface area contributed by atoms with Crippen LogP contribution in [0.15, 0.2) is 60.2 Å². The van der Waals surface area contributed by atoms with E-state index in [1.807, 2.05) is 49.4 Å². The average Bonchev–Trinajstić information content (AvgIpc) is 3.03. The van der Waals surface area contributed by atoms with Gasteiger partial charge in [-0.15, -0.1) is 0 Å². The maximum Gasteiger partial charge on any atom is 0.295 e. The fraction of sp³-hybridized carbons (Fsp3) is 0.200. The second-order valence-corrected chi connectivity index (χ2v) is 8.37. The summed E-state index contributed by atoms with van der Waals surface area (Å²) in [7, 11) is 1.41. The monoisotopic (exact) mass is 469 g/mol. The highest BCUT2D eigenvalue weighted by Crippen LogP contribution is 2.44. The van der Waals surface area contributed by atoms with E-state index in [4.69, 9.17) is 27.9 Å². The molecule has 7 heteroatoms. The van der Waals surface area contributed by atoms with Crippen LogP contribution in [0.5, 0.6) is 5.75 Å². The topological polar surface area (TPSA) is 66.8 Å². The third-order valence-corrected chi connectivity index (χ3v) is 6.09. The number of halogens is 2. The van der Waals surface area contributed by atoms with Crippen LogP contribution in [0.2, 0.25) is 10.0 Å². The predicted molar refractivity (Wildman–Crippen MR) is 126 cm³/mol. The first-order valence-corrected chi connectivity index (χ1v) is 10.9. The van der Waals surface area contributed by atoms with Crippen LogP contribution in [0.4, 0.5) is 0 Å². The summed E-state index contributed by atoms with van der Waals surface area (Å²) < 4.78 is 5.36. The number of ketones is 1. The second-order valence-electron chi connectivity index (χ2n) is 7.53. The number of hydrogen-bond donors (Lipinski definition) is 1. The van der Waals surface area contributed by atoms with Gasteiger partial charge in [0, 0.05) is 11.6 Å². The summed E-state index contributed by atoms with van der Waals surface area (Å²) in [5, 5.41) is 13.7. The summed E-state index contributed by atoms with van der Waals surface area (Å²) in [5.41, 5.74) is 0.894. The third-order valence-electron chi connectivity index (χ3n) is 5.59. The van der Waals surface area contributed by atoms with Crippen LogP contribution in [0.3, 0.4) is 0 Å². The number of carbonyl (C=O) groups is 2. The number of likely N-dealkylation sites (tertiary alicyclic amines) is 1. The smallest absolute Gasteiger partial charge is 0.295 e. The SMILES string of the molecule is CCCN1C(=O)C(=O)/C(=C(/O)c2cc(Cl)cc(Cl)c2OC)C1c1cccc2ccccc12. The molecule has 1 atom stereocenters. The standard InChI is InChI=1S/C25H21Cl2NO4/c1-3-11-28-21(17-10-6-8-14-7-4-5-9-16(14)17)20(23(30)25(28)31)22(29)18-12-15(26)13-19(27)24(18)32-2/h4-10,12-13,21,29H,3,11H2,1-2H3/b22-20+. The lowest BCUT2D eigenvalue weighted by Gasteiger charge is -2.26. The lowest BCUT2D eigenvalue weighted by molar-refractivity contribution is -0.139. The summed E-state index contributed by atoms with van der Waals surface area (Å²) in [6.45, 7) is 2.29. The minimum atomic E-state index is -0.761. The molecule has 0 spiro atoms. The molecule has 32 heavy (non-hydrogen) atoms. The number of amides is 1. The Balaban J connectivity index is 2.03. The average molecular weight is 470 g/mol. The van der Waals surface area contributed by atoms with Crippen LogP contribution >= 0.6 is 23.2 Å². The highest BCUT2D eigenvalue weighted by molar-refractivity contribution is 6.47. The molecule has 3 aromatic carbocycles. The van der Waals surface area contributed by atoms with Gasteiger partial charge in [-0.2, -0.15) is 0 Å². The molecule has 164 valence electrons. The first-order valence-electron chi connectivity index (χ1n) is 10.2. The number of carbonyl (C=O) groups excluding carboxylic acids is 2. The molecule has 1 amide bonds. The van der Waals surface area contributed by atoms with E-state index in [0.29, 0.717) is 13.0 Å². The molecule has 1 heterocycles. The molecule has 1 aliphatic rings. The first-order chi connectivity index (χ1) is 15.4. The van der Waals surface area contributed by atoms with E-state index in [9.17, 15) is 14.7 Å². The number of aliphatic hydroxyl groups is 1. The van der Waals surface area contributed by atoms with Crippen molar-refractivity contribution in [3.63, 3.8) is 0 Å². The quantitative estimate of drug-likeness (QED) is 0.283. The van der Waals surface area contributed by atoms with Crippen molar-refractivity contribution in [1.82, 2.24) is 4.90 Å². The van der Waals surface area contributed by atoms with Crippen molar-refractivity contribution in [3.8, 4) is 5.75 Å². The molecule has 0 bridgehead atoms. The summed E-state index contributed by atoms with van der Waals surface area (Å²) in [5.74, 6) is -1.61. The number of ether oxygens (including phenoxy) is 1. The van der Waals surface area contributed by atoms with Crippen LogP contribution in [0, 0.1) is 0 Å². The van der Waals surface area contributed by atoms with Crippen molar-refractivity contribution < 1.29 is 19.4 Å². The molecule has 0 saturated carbocycles. The van der Waals surface area contributed by atoms with E-state index in [2.05, 4.69) is 0 Å². The van der Waals surface area contributed by atoms with Crippen molar-refractivity contribution in [2.75, 3.05) is 13.7 Å². The number of nitrogens with zero attached hydrogens (tertiary/aromatic N) is 1. The zero-order valence-corrected chi connectivity index (χ0v) is 19.1. The minimum Gasteiger partial charge on any atom is -0.507 e. The Morgan fingerprint density at radius 1 is 1.09 bits per heavy atom. The summed E-state index contributed by atoms with van der Waals surface area (Å²) in [6, 6.07) is 15.6. The lowest BCUT2D eigenvalue weighted by Crippen LogP contribution is -2.30. The third kappa shape index (κ3) is 3.61. The van der Waals surface area contributed by atoms with Gasteiger partial charge >= 0.3 is 0 Å². The van der Waals surface area contributed by atoms with Crippen LogP contribution in [-0.2, 0) is 9.59 Å². The Morgan fingerprint density at radius 3 is 2.53 bits per heavy atom. The van der Waals surface area contributed by atoms with E-state index in [1.54, 1.807) is 0 Å². The number of Topliss-reactive ketones (excluding diaryl/α,β-unsaturated/α-hetero) is 1. The summed E-state index contributed by atoms with van der Waals surface area (Å²) in [6.07, 6.45) is 0.653. The molecule has 1 aliphatic heterocycles. The zero-order valence-electron chi connectivity index (χ0n) is 17.6. The van der Waals surface area contributed by atoms with Gasteiger partial charge in [-0.3, -0.25) is 9.59 Å². The molecular formula is C25H21Cl2NO4. The van der Waals surface area contributed by atoms with Crippen LogP contribution in [0.1, 0.15) is 30.5 Å². The van der Waals surface area contributed by atoms with Gasteiger partial charge < -0.3 is 14.7 Å². The normalized spacial score (nSPS) is 17.9. The molecule has 1 unspecified atom stereocenters. The van der Waals surface area contributed by atoms with Crippen molar-refractivity contribution in [2.45, 2.75) is 19.4 Å². The lowest BCUT2D eigenvalue weighted by atomic mass is 9.91. The number of rotatable bonds is 5. The van der Waals surface area contributed by atoms with Gasteiger partial charge in [0.05, 0.1) is 29.3 Å². The van der Waals surface area contributed by atoms with E-state index in [0.717, 1.165) is 16.3 Å². The Labute approximate surface area is 195 Å². The minimum absolute atomic E-state index is 0.0172. The molecule has 3 aromatic rings. The van der Waals surface area contributed by atoms with Crippen molar-refractivity contribution in [3.05, 3.63) is 81.3 Å². The van der Waals surface area contributed by atoms with Crippen LogP contribution < -0.4 is 4.74 Å². The van der Waals surface area contributed by atoms with E-state index in [-0.39, 0.29) is 32.7 Å². The summed E-state index contributed by atoms with van der Waals surface area (Å²) in [4.78, 5) is 27.7. The zero-order chi connectivity index (χ0) is 23.0. The van der Waals surface area contributed by atoms with Crippen molar-refractivity contribution >= 4 is 51.4 Å². The molecule has 0 aliphatic carbocycles. The van der Waals surface area contributed by atoms with Crippen LogP contribution in [-0.4, -0.2) is 35.4 Å². The van der Waals surface area contributed by atoms with Gasteiger partial charge in [-0.05, 0) is 34.9 Å². The maximum atomic E-state index is 13.2. The highest BCUT2D eigenvalue weighted by Gasteiger charge is 2.46. The molecule has 1 N–H and O–H groups in total. The fourth-order valence-electron chi connectivity index (χ4n) is 4.25. The largest absolute Gasteiger partial charge is 0.507 e. The molecule has 0 radical (unpaired) electrons. The Hall–Kier alpha value is -3.02. The van der Waals surface area contributed by atoms with E-state index in [1.165, 1.54) is 24.1 Å². The Bertz CT molecular complexity index is 1260. The molecular weight excluding hydrogens is 449 g/mol. The molecule has 1 fully saturated rings. The number of fused-ring (bicyclic) bond motifs is 1. The molecule has 5 nitrogen and oxygen atoms in total. The van der Waals surface area contributed by atoms with Crippen molar-refractivity contribution in [1.29, 1.82) is 0 Å². The summed E-state index contributed by atoms with van der Waals surface area (Å²) >= 11 is 12.4. The predicted octanol–water partition coefficient (Wildman–Crippen LogP) is 5.99. The van der Waals surface area contributed by atoms with Crippen LogP contribution in [0.25, 0.3) is 16.5 Å². The fourth-order valence-corrected chi connectivity index (χ4v) is 4.82. The number of aliphatic hydroxyl groups excluding tert-OH is 1. The number of methoxy groups -OCH3 is 1. The number of benzene rings is 3. The first kappa shape index (κ1) is 22.2. The molecule has 0 aromatic heterocycles.